The van der Waals surface area contributed by atoms with E-state index in [-0.39, 0.29) is 5.75 Å². The van der Waals surface area contributed by atoms with Gasteiger partial charge in [0.25, 0.3) is 0 Å². The fourth-order valence-electron chi connectivity index (χ4n) is 1.70. The molecule has 0 aliphatic heterocycles. The van der Waals surface area contributed by atoms with Crippen LogP contribution in [0.4, 0.5) is 5.82 Å². The van der Waals surface area contributed by atoms with E-state index in [0.29, 0.717) is 30.7 Å². The van der Waals surface area contributed by atoms with E-state index < -0.39 is 0 Å². The van der Waals surface area contributed by atoms with Crippen molar-refractivity contribution in [3.63, 3.8) is 0 Å². The Bertz CT molecular complexity index is 558. The van der Waals surface area contributed by atoms with Crippen molar-refractivity contribution >= 4 is 5.82 Å². The molecule has 0 aliphatic rings. The molecule has 1 aromatic carbocycles. The smallest absolute Gasteiger partial charge is 0.218 e. The molecule has 0 saturated heterocycles. The SMILES string of the molecule is CCOc1cc(NCc2ccccc2O)nc(C)n1. The van der Waals surface area contributed by atoms with Gasteiger partial charge in [-0.1, -0.05) is 18.2 Å². The van der Waals surface area contributed by atoms with E-state index in [2.05, 4.69) is 15.3 Å². The van der Waals surface area contributed by atoms with Gasteiger partial charge in [-0.25, -0.2) is 4.98 Å². The molecule has 0 radical (unpaired) electrons. The number of hydrogen-bond donors (Lipinski definition) is 2. The van der Waals surface area contributed by atoms with Crippen LogP contribution in [-0.4, -0.2) is 21.7 Å². The Morgan fingerprint density at radius 3 is 2.79 bits per heavy atom. The molecule has 1 aromatic heterocycles. The lowest BCUT2D eigenvalue weighted by molar-refractivity contribution is 0.325. The van der Waals surface area contributed by atoms with E-state index in [1.165, 1.54) is 0 Å². The van der Waals surface area contributed by atoms with Gasteiger partial charge >= 0.3 is 0 Å². The lowest BCUT2D eigenvalue weighted by Crippen LogP contribution is -2.05. The number of phenols is 1. The van der Waals surface area contributed by atoms with Crippen LogP contribution in [0, 0.1) is 6.92 Å². The van der Waals surface area contributed by atoms with Crippen molar-refractivity contribution in [1.29, 1.82) is 0 Å². The zero-order valence-electron chi connectivity index (χ0n) is 11.1. The highest BCUT2D eigenvalue weighted by Gasteiger charge is 2.04. The summed E-state index contributed by atoms with van der Waals surface area (Å²) in [4.78, 5) is 8.45. The van der Waals surface area contributed by atoms with E-state index >= 15 is 0 Å². The van der Waals surface area contributed by atoms with Crippen LogP contribution in [0.3, 0.4) is 0 Å². The van der Waals surface area contributed by atoms with Crippen LogP contribution in [-0.2, 0) is 6.54 Å². The van der Waals surface area contributed by atoms with Gasteiger partial charge in [-0.05, 0) is 19.9 Å². The number of ether oxygens (including phenoxy) is 1. The Morgan fingerprint density at radius 2 is 2.05 bits per heavy atom. The van der Waals surface area contributed by atoms with E-state index in [9.17, 15) is 5.11 Å². The number of benzene rings is 1. The molecule has 0 unspecified atom stereocenters. The van der Waals surface area contributed by atoms with Crippen LogP contribution in [0.5, 0.6) is 11.6 Å². The summed E-state index contributed by atoms with van der Waals surface area (Å²) in [6.07, 6.45) is 0. The van der Waals surface area contributed by atoms with Gasteiger partial charge in [-0.15, -0.1) is 0 Å². The van der Waals surface area contributed by atoms with Crippen LogP contribution in [0.25, 0.3) is 0 Å². The van der Waals surface area contributed by atoms with E-state index in [1.807, 2.05) is 26.0 Å². The molecule has 0 spiro atoms. The molecule has 2 rings (SSSR count). The summed E-state index contributed by atoms with van der Waals surface area (Å²) in [7, 11) is 0. The van der Waals surface area contributed by atoms with Crippen LogP contribution < -0.4 is 10.1 Å². The minimum atomic E-state index is 0.269. The fourth-order valence-corrected chi connectivity index (χ4v) is 1.70. The van der Waals surface area contributed by atoms with Crippen LogP contribution in [0.2, 0.25) is 0 Å². The number of aromatic hydroxyl groups is 1. The zero-order chi connectivity index (χ0) is 13.7. The van der Waals surface area contributed by atoms with Gasteiger partial charge in [0.2, 0.25) is 5.88 Å². The van der Waals surface area contributed by atoms with Gasteiger partial charge in [0.15, 0.2) is 0 Å². The van der Waals surface area contributed by atoms with E-state index in [1.54, 1.807) is 18.2 Å². The zero-order valence-corrected chi connectivity index (χ0v) is 11.1. The summed E-state index contributed by atoms with van der Waals surface area (Å²) < 4.78 is 5.36. The number of nitrogens with one attached hydrogen (secondary N) is 1. The molecular weight excluding hydrogens is 242 g/mol. The molecule has 0 amide bonds. The van der Waals surface area contributed by atoms with Gasteiger partial charge in [0.1, 0.15) is 17.4 Å². The Kier molecular flexibility index (Phi) is 4.18. The molecule has 100 valence electrons. The van der Waals surface area contributed by atoms with Crippen molar-refractivity contribution in [3.8, 4) is 11.6 Å². The normalized spacial score (nSPS) is 10.2. The Hall–Kier alpha value is -2.30. The first-order valence-corrected chi connectivity index (χ1v) is 6.18. The van der Waals surface area contributed by atoms with Gasteiger partial charge in [0, 0.05) is 18.2 Å². The standard InChI is InChI=1S/C14H17N3O2/c1-3-19-14-8-13(16-10(2)17-14)15-9-11-6-4-5-7-12(11)18/h4-8,18H,3,9H2,1-2H3,(H,15,16,17). The number of aromatic nitrogens is 2. The first-order chi connectivity index (χ1) is 9.19. The highest BCUT2D eigenvalue weighted by atomic mass is 16.5. The van der Waals surface area contributed by atoms with Crippen molar-refractivity contribution in [3.05, 3.63) is 41.7 Å². The second-order valence-corrected chi connectivity index (χ2v) is 4.05. The first-order valence-electron chi connectivity index (χ1n) is 6.18. The van der Waals surface area contributed by atoms with Crippen LogP contribution in [0.15, 0.2) is 30.3 Å². The molecule has 5 nitrogen and oxygen atoms in total. The van der Waals surface area contributed by atoms with Crippen molar-refractivity contribution < 1.29 is 9.84 Å². The highest BCUT2D eigenvalue weighted by molar-refractivity contribution is 5.41. The monoisotopic (exact) mass is 259 g/mol. The first kappa shape index (κ1) is 13.1. The topological polar surface area (TPSA) is 67.3 Å². The molecule has 0 aliphatic carbocycles. The third-order valence-corrected chi connectivity index (χ3v) is 2.56. The molecule has 0 fully saturated rings. The Morgan fingerprint density at radius 1 is 1.26 bits per heavy atom. The number of para-hydroxylation sites is 1. The predicted octanol–water partition coefficient (Wildman–Crippen LogP) is 2.50. The summed E-state index contributed by atoms with van der Waals surface area (Å²) >= 11 is 0. The second-order valence-electron chi connectivity index (χ2n) is 4.05. The van der Waals surface area contributed by atoms with Crippen molar-refractivity contribution in [2.75, 3.05) is 11.9 Å². The van der Waals surface area contributed by atoms with Crippen LogP contribution in [0.1, 0.15) is 18.3 Å². The number of aryl methyl sites for hydroxylation is 1. The Labute approximate surface area is 112 Å². The van der Waals surface area contributed by atoms with Gasteiger partial charge in [-0.2, -0.15) is 4.98 Å². The fraction of sp³-hybridized carbons (Fsp3) is 0.286. The van der Waals surface area contributed by atoms with Crippen molar-refractivity contribution in [1.82, 2.24) is 9.97 Å². The van der Waals surface area contributed by atoms with Gasteiger partial charge in [-0.3, -0.25) is 0 Å². The number of hydrogen-bond acceptors (Lipinski definition) is 5. The molecule has 5 heteroatoms. The molecule has 2 N–H and O–H groups in total. The van der Waals surface area contributed by atoms with E-state index in [4.69, 9.17) is 4.74 Å². The molecule has 1 heterocycles. The van der Waals surface area contributed by atoms with E-state index in [0.717, 1.165) is 5.56 Å². The number of nitrogens with zero attached hydrogens (tertiary/aromatic N) is 2. The third kappa shape index (κ3) is 3.58. The summed E-state index contributed by atoms with van der Waals surface area (Å²) in [5, 5.41) is 12.8. The molecule has 0 saturated carbocycles. The maximum Gasteiger partial charge on any atom is 0.218 e. The van der Waals surface area contributed by atoms with Crippen LogP contribution >= 0.6 is 0 Å². The van der Waals surface area contributed by atoms with Gasteiger partial charge in [0.05, 0.1) is 6.61 Å². The molecule has 19 heavy (non-hydrogen) atoms. The molecule has 0 atom stereocenters. The van der Waals surface area contributed by atoms with Gasteiger partial charge < -0.3 is 15.2 Å². The summed E-state index contributed by atoms with van der Waals surface area (Å²) in [5.74, 6) is 2.14. The lowest BCUT2D eigenvalue weighted by atomic mass is 10.2. The Balaban J connectivity index is 2.09. The second kappa shape index (κ2) is 6.04. The summed E-state index contributed by atoms with van der Waals surface area (Å²) in [6.45, 7) is 4.78. The average Bonchev–Trinajstić information content (AvgIpc) is 2.37. The number of phenolic OH excluding ortho intramolecular Hbond substituents is 1. The maximum atomic E-state index is 9.68. The lowest BCUT2D eigenvalue weighted by Gasteiger charge is -2.09. The molecule has 0 bridgehead atoms. The minimum absolute atomic E-state index is 0.269. The third-order valence-electron chi connectivity index (χ3n) is 2.56. The minimum Gasteiger partial charge on any atom is -0.508 e. The summed E-state index contributed by atoms with van der Waals surface area (Å²) in [6, 6.07) is 8.94. The average molecular weight is 259 g/mol. The van der Waals surface area contributed by atoms with Crippen molar-refractivity contribution in [2.45, 2.75) is 20.4 Å². The highest BCUT2D eigenvalue weighted by Crippen LogP contribution is 2.18. The molecular formula is C14H17N3O2. The number of rotatable bonds is 5. The summed E-state index contributed by atoms with van der Waals surface area (Å²) in [5.41, 5.74) is 0.816. The molecule has 2 aromatic rings. The quantitative estimate of drug-likeness (QED) is 0.863. The largest absolute Gasteiger partial charge is 0.508 e. The maximum absolute atomic E-state index is 9.68. The predicted molar refractivity (Wildman–Crippen MR) is 73.4 cm³/mol. The van der Waals surface area contributed by atoms with Crippen molar-refractivity contribution in [2.24, 2.45) is 0 Å². The number of anilines is 1.